The molecule has 1 saturated heterocycles. The van der Waals surface area contributed by atoms with Crippen LogP contribution in [0.4, 0.5) is 0 Å². The molecule has 1 aliphatic rings. The highest BCUT2D eigenvalue weighted by Crippen LogP contribution is 2.32. The topological polar surface area (TPSA) is 71.1 Å². The van der Waals surface area contributed by atoms with Gasteiger partial charge in [-0.2, -0.15) is 0 Å². The number of halogens is 1. The van der Waals surface area contributed by atoms with E-state index in [-0.39, 0.29) is 0 Å². The van der Waals surface area contributed by atoms with Gasteiger partial charge >= 0.3 is 11.9 Å². The molecule has 26 heavy (non-hydrogen) atoms. The summed E-state index contributed by atoms with van der Waals surface area (Å²) in [5, 5.41) is 0.361. The number of hydrogen-bond donors (Lipinski definition) is 0. The number of ether oxygens (including phenoxy) is 4. The smallest absolute Gasteiger partial charge is 0.338 e. The number of rotatable bonds is 7. The van der Waals surface area contributed by atoms with Crippen LogP contribution in [0, 0.1) is 0 Å². The Morgan fingerprint density at radius 2 is 1.96 bits per heavy atom. The van der Waals surface area contributed by atoms with Crippen molar-refractivity contribution in [2.75, 3.05) is 11.9 Å². The molecule has 0 saturated carbocycles. The number of benzene rings is 1. The summed E-state index contributed by atoms with van der Waals surface area (Å²) in [6.45, 7) is 5.56. The Hall–Kier alpha value is -1.70. The minimum atomic E-state index is -0.867. The van der Waals surface area contributed by atoms with Gasteiger partial charge in [0.2, 0.25) is 0 Å². The zero-order valence-electron chi connectivity index (χ0n) is 15.0. The Labute approximate surface area is 161 Å². The molecule has 0 spiro atoms. The molecule has 2 rings (SSSR count). The molecule has 1 fully saturated rings. The summed E-state index contributed by atoms with van der Waals surface area (Å²) in [6.07, 6.45) is 1.16. The van der Waals surface area contributed by atoms with Crippen LogP contribution in [0.15, 0.2) is 42.5 Å². The van der Waals surface area contributed by atoms with E-state index in [0.29, 0.717) is 17.5 Å². The molecule has 0 aromatic heterocycles. The zero-order valence-corrected chi connectivity index (χ0v) is 16.6. The third-order valence-electron chi connectivity index (χ3n) is 3.66. The number of esters is 2. The fourth-order valence-electron chi connectivity index (χ4n) is 2.58. The molecule has 6 nitrogen and oxygen atoms in total. The summed E-state index contributed by atoms with van der Waals surface area (Å²) < 4.78 is 22.2. The molecule has 3 atom stereocenters. The van der Waals surface area contributed by atoms with E-state index in [2.05, 4.69) is 15.9 Å². The fraction of sp³-hybridized carbons (Fsp3) is 0.474. The van der Waals surface area contributed by atoms with Crippen molar-refractivity contribution >= 4 is 27.9 Å². The van der Waals surface area contributed by atoms with Crippen LogP contribution in [0.1, 0.15) is 31.1 Å². The second-order valence-electron chi connectivity index (χ2n) is 6.14. The van der Waals surface area contributed by atoms with Gasteiger partial charge in [0, 0.05) is 11.4 Å². The summed E-state index contributed by atoms with van der Waals surface area (Å²) >= 11 is 3.37. The van der Waals surface area contributed by atoms with Crippen molar-refractivity contribution in [1.29, 1.82) is 0 Å². The lowest BCUT2D eigenvalue weighted by Gasteiger charge is -2.24. The van der Waals surface area contributed by atoms with Gasteiger partial charge in [-0.1, -0.05) is 34.1 Å². The molecule has 0 aliphatic carbocycles. The first kappa shape index (κ1) is 20.6. The number of carbonyl (C=O) groups is 2. The summed E-state index contributed by atoms with van der Waals surface area (Å²) in [5.41, 5.74) is 0.454. The minimum Gasteiger partial charge on any atom is -0.463 e. The predicted molar refractivity (Wildman–Crippen MR) is 99.0 cm³/mol. The summed E-state index contributed by atoms with van der Waals surface area (Å²) in [5.74, 6) is -1.78. The maximum atomic E-state index is 12.4. The first-order valence-corrected chi connectivity index (χ1v) is 9.51. The van der Waals surface area contributed by atoms with Gasteiger partial charge in [0.05, 0.1) is 12.2 Å². The molecular formula is C19H23BrO6. The maximum Gasteiger partial charge on any atom is 0.338 e. The van der Waals surface area contributed by atoms with Crippen molar-refractivity contribution in [1.82, 2.24) is 0 Å². The van der Waals surface area contributed by atoms with Crippen molar-refractivity contribution in [3.63, 3.8) is 0 Å². The highest BCUT2D eigenvalue weighted by molar-refractivity contribution is 9.09. The lowest BCUT2D eigenvalue weighted by molar-refractivity contribution is -0.152. The Balaban J connectivity index is 2.12. The third-order valence-corrected chi connectivity index (χ3v) is 4.30. The van der Waals surface area contributed by atoms with Crippen molar-refractivity contribution in [2.24, 2.45) is 0 Å². The minimum absolute atomic E-state index is 0.291. The normalized spacial score (nSPS) is 22.9. The number of carbonyl (C=O) groups excluding carboxylic acids is 2. The lowest BCUT2D eigenvalue weighted by Crippen LogP contribution is -2.39. The van der Waals surface area contributed by atoms with Crippen LogP contribution in [0.5, 0.6) is 0 Å². The Morgan fingerprint density at radius 1 is 1.27 bits per heavy atom. The van der Waals surface area contributed by atoms with E-state index in [1.165, 1.54) is 6.08 Å². The van der Waals surface area contributed by atoms with E-state index in [4.69, 9.17) is 18.9 Å². The van der Waals surface area contributed by atoms with Crippen molar-refractivity contribution in [3.8, 4) is 0 Å². The van der Waals surface area contributed by atoms with Gasteiger partial charge in [0.1, 0.15) is 18.3 Å². The molecular weight excluding hydrogens is 404 g/mol. The van der Waals surface area contributed by atoms with Crippen molar-refractivity contribution in [2.45, 2.75) is 44.9 Å². The summed E-state index contributed by atoms with van der Waals surface area (Å²) in [4.78, 5) is 23.9. The van der Waals surface area contributed by atoms with E-state index in [1.54, 1.807) is 51.1 Å². The summed E-state index contributed by atoms with van der Waals surface area (Å²) in [7, 11) is 0. The monoisotopic (exact) mass is 426 g/mol. The summed E-state index contributed by atoms with van der Waals surface area (Å²) in [6, 6.07) is 8.72. The molecule has 1 aromatic rings. The van der Waals surface area contributed by atoms with Crippen LogP contribution in [-0.2, 0) is 23.7 Å². The molecule has 0 amide bonds. The predicted octanol–water partition coefficient (Wildman–Crippen LogP) is 3.25. The Bertz CT molecular complexity index is 643. The molecule has 7 heteroatoms. The Morgan fingerprint density at radius 3 is 2.58 bits per heavy atom. The van der Waals surface area contributed by atoms with Gasteiger partial charge in [0.15, 0.2) is 5.79 Å². The van der Waals surface area contributed by atoms with Gasteiger partial charge < -0.3 is 18.9 Å². The molecule has 0 bridgehead atoms. The highest BCUT2D eigenvalue weighted by atomic mass is 79.9. The molecule has 0 unspecified atom stereocenters. The largest absolute Gasteiger partial charge is 0.463 e. The van der Waals surface area contributed by atoms with Crippen LogP contribution < -0.4 is 0 Å². The average Bonchev–Trinajstić information content (AvgIpc) is 2.93. The quantitative estimate of drug-likeness (QED) is 0.378. The number of hydrogen-bond acceptors (Lipinski definition) is 6. The zero-order chi connectivity index (χ0) is 19.2. The van der Waals surface area contributed by atoms with Crippen LogP contribution in [-0.4, -0.2) is 48.0 Å². The van der Waals surface area contributed by atoms with E-state index < -0.39 is 36.0 Å². The van der Waals surface area contributed by atoms with Crippen LogP contribution in [0.3, 0.4) is 0 Å². The van der Waals surface area contributed by atoms with E-state index in [9.17, 15) is 9.59 Å². The van der Waals surface area contributed by atoms with E-state index >= 15 is 0 Å². The Kier molecular flexibility index (Phi) is 7.37. The first-order chi connectivity index (χ1) is 12.4. The standard InChI is InChI=1S/C19H23BrO6/c1-4-23-16(21)11-10-14-17(26-19(2,3)25-14)15(12-20)24-18(22)13-8-6-5-7-9-13/h5-11,14-15,17H,4,12H2,1-3H3/b11-10-/t14-,15+,17+/m0/s1. The second kappa shape index (κ2) is 9.30. The molecule has 0 radical (unpaired) electrons. The second-order valence-corrected chi connectivity index (χ2v) is 6.79. The van der Waals surface area contributed by atoms with Crippen LogP contribution in [0.2, 0.25) is 0 Å². The van der Waals surface area contributed by atoms with Gasteiger partial charge in [-0.15, -0.1) is 0 Å². The maximum absolute atomic E-state index is 12.4. The highest BCUT2D eigenvalue weighted by Gasteiger charge is 2.45. The van der Waals surface area contributed by atoms with E-state index in [0.717, 1.165) is 0 Å². The van der Waals surface area contributed by atoms with Crippen molar-refractivity contribution in [3.05, 3.63) is 48.0 Å². The molecule has 1 aromatic carbocycles. The van der Waals surface area contributed by atoms with Crippen LogP contribution in [0.25, 0.3) is 0 Å². The molecule has 1 heterocycles. The lowest BCUT2D eigenvalue weighted by atomic mass is 10.1. The first-order valence-electron chi connectivity index (χ1n) is 8.39. The SMILES string of the molecule is CCOC(=O)/C=C\[C@@H]1OC(C)(C)O[C@H]1[C@@H](CBr)OC(=O)c1ccccc1. The van der Waals surface area contributed by atoms with Gasteiger partial charge in [-0.25, -0.2) is 9.59 Å². The molecule has 1 aliphatic heterocycles. The van der Waals surface area contributed by atoms with Gasteiger partial charge in [-0.05, 0) is 39.0 Å². The average molecular weight is 427 g/mol. The number of alkyl halides is 1. The molecule has 142 valence electrons. The van der Waals surface area contributed by atoms with Gasteiger partial charge in [-0.3, -0.25) is 0 Å². The van der Waals surface area contributed by atoms with E-state index in [1.807, 2.05) is 6.07 Å². The molecule has 0 N–H and O–H groups in total. The van der Waals surface area contributed by atoms with Crippen LogP contribution >= 0.6 is 15.9 Å². The van der Waals surface area contributed by atoms with Crippen molar-refractivity contribution < 1.29 is 28.5 Å². The fourth-order valence-corrected chi connectivity index (χ4v) is 3.08. The van der Waals surface area contributed by atoms with Gasteiger partial charge in [0.25, 0.3) is 0 Å². The third kappa shape index (κ3) is 5.65.